The van der Waals surface area contributed by atoms with Gasteiger partial charge in [0.15, 0.2) is 0 Å². The van der Waals surface area contributed by atoms with Crippen molar-refractivity contribution in [3.63, 3.8) is 0 Å². The zero-order valence-corrected chi connectivity index (χ0v) is 11.3. The fraction of sp³-hybridized carbons (Fsp3) is 0.267. The minimum atomic E-state index is -4.87. The molecule has 0 radical (unpaired) electrons. The zero-order chi connectivity index (χ0) is 15.7. The Labute approximate surface area is 119 Å². The summed E-state index contributed by atoms with van der Waals surface area (Å²) in [6, 6.07) is 12.6. The van der Waals surface area contributed by atoms with Crippen molar-refractivity contribution in [2.75, 3.05) is 0 Å². The molecule has 0 aliphatic rings. The summed E-state index contributed by atoms with van der Waals surface area (Å²) >= 11 is 0. The van der Waals surface area contributed by atoms with Gasteiger partial charge in [0.1, 0.15) is 0 Å². The molecule has 2 aromatic carbocycles. The molecular weight excluding hydrogens is 283 g/mol. The molecule has 0 saturated heterocycles. The molecule has 2 rings (SSSR count). The molecule has 21 heavy (non-hydrogen) atoms. The Hall–Kier alpha value is -2.08. The topological polar surface area (TPSA) is 52.3 Å². The lowest BCUT2D eigenvalue weighted by Crippen LogP contribution is -2.54. The van der Waals surface area contributed by atoms with Gasteiger partial charge in [-0.15, -0.1) is 0 Å². The highest BCUT2D eigenvalue weighted by molar-refractivity contribution is 5.84. The Balaban J connectivity index is 2.22. The second kappa shape index (κ2) is 5.37. The van der Waals surface area contributed by atoms with Crippen molar-refractivity contribution in [2.24, 2.45) is 5.73 Å². The van der Waals surface area contributed by atoms with Crippen LogP contribution in [0.5, 0.6) is 0 Å². The molecule has 1 atom stereocenters. The first-order valence-electron chi connectivity index (χ1n) is 6.22. The van der Waals surface area contributed by atoms with Gasteiger partial charge in [0, 0.05) is 0 Å². The summed E-state index contributed by atoms with van der Waals surface area (Å²) in [5.41, 5.74) is 2.36. The molecule has 0 heterocycles. The Morgan fingerprint density at radius 1 is 1.14 bits per heavy atom. The second-order valence-electron chi connectivity index (χ2n) is 4.87. The highest BCUT2D eigenvalue weighted by Crippen LogP contribution is 2.34. The van der Waals surface area contributed by atoms with E-state index in [9.17, 15) is 18.0 Å². The minimum Gasteiger partial charge on any atom is -0.367 e. The van der Waals surface area contributed by atoms with Crippen LogP contribution in [0.1, 0.15) is 12.5 Å². The van der Waals surface area contributed by atoms with E-state index in [2.05, 4.69) is 0 Å². The highest BCUT2D eigenvalue weighted by Gasteiger charge is 2.57. The van der Waals surface area contributed by atoms with Crippen LogP contribution in [0.2, 0.25) is 0 Å². The number of carbonyl (C=O) groups is 1. The van der Waals surface area contributed by atoms with Crippen LogP contribution in [0.25, 0.3) is 10.8 Å². The monoisotopic (exact) mass is 297 g/mol. The van der Waals surface area contributed by atoms with Gasteiger partial charge in [-0.25, -0.2) is 0 Å². The van der Waals surface area contributed by atoms with E-state index >= 15 is 0 Å². The van der Waals surface area contributed by atoms with E-state index in [1.165, 1.54) is 0 Å². The largest absolute Gasteiger partial charge is 0.426 e. The third kappa shape index (κ3) is 3.00. The van der Waals surface area contributed by atoms with Crippen LogP contribution in [0, 0.1) is 0 Å². The molecule has 0 saturated carbocycles. The van der Waals surface area contributed by atoms with Gasteiger partial charge >= 0.3 is 6.18 Å². The van der Waals surface area contributed by atoms with Gasteiger partial charge in [0.05, 0.1) is 6.61 Å². The fourth-order valence-electron chi connectivity index (χ4n) is 1.85. The summed E-state index contributed by atoms with van der Waals surface area (Å²) in [6.45, 7) is 0.278. The predicted molar refractivity (Wildman–Crippen MR) is 72.4 cm³/mol. The summed E-state index contributed by atoms with van der Waals surface area (Å²) in [7, 11) is 0. The lowest BCUT2D eigenvalue weighted by molar-refractivity contribution is -0.263. The number of nitrogens with two attached hydrogens (primary N) is 1. The number of fused-ring (bicyclic) bond motifs is 1. The standard InChI is InChI=1S/C15H14F3NO2/c1-14(13(19)20,15(16,17)18)21-9-10-6-7-11-4-2-3-5-12(11)8-10/h2-8H,9H2,1H3,(H2,19,20). The van der Waals surface area contributed by atoms with E-state index in [1.807, 2.05) is 24.3 Å². The molecule has 0 aliphatic heterocycles. The van der Waals surface area contributed by atoms with Crippen molar-refractivity contribution < 1.29 is 22.7 Å². The maximum absolute atomic E-state index is 12.9. The zero-order valence-electron chi connectivity index (χ0n) is 11.3. The summed E-state index contributed by atoms with van der Waals surface area (Å²) < 4.78 is 43.4. The molecule has 0 aromatic heterocycles. The molecular formula is C15H14F3NO2. The smallest absolute Gasteiger partial charge is 0.367 e. The number of carbonyl (C=O) groups excluding carboxylic acids is 1. The molecule has 0 aliphatic carbocycles. The number of rotatable bonds is 4. The van der Waals surface area contributed by atoms with Crippen molar-refractivity contribution in [1.82, 2.24) is 0 Å². The van der Waals surface area contributed by atoms with E-state index in [0.29, 0.717) is 12.5 Å². The Morgan fingerprint density at radius 2 is 1.76 bits per heavy atom. The van der Waals surface area contributed by atoms with Crippen molar-refractivity contribution in [1.29, 1.82) is 0 Å². The minimum absolute atomic E-state index is 0.357. The van der Waals surface area contributed by atoms with E-state index in [1.54, 1.807) is 18.2 Å². The van der Waals surface area contributed by atoms with E-state index < -0.39 is 17.7 Å². The lowest BCUT2D eigenvalue weighted by Gasteiger charge is -2.28. The fourth-order valence-corrected chi connectivity index (χ4v) is 1.85. The average Bonchev–Trinajstić information content (AvgIpc) is 2.43. The highest BCUT2D eigenvalue weighted by atomic mass is 19.4. The summed E-state index contributed by atoms with van der Waals surface area (Å²) in [5, 5.41) is 1.85. The molecule has 3 nitrogen and oxygen atoms in total. The molecule has 0 bridgehead atoms. The lowest BCUT2D eigenvalue weighted by atomic mass is 10.0. The first-order chi connectivity index (χ1) is 9.74. The molecule has 6 heteroatoms. The summed E-state index contributed by atoms with van der Waals surface area (Å²) in [4.78, 5) is 11.1. The van der Waals surface area contributed by atoms with Crippen LogP contribution in [-0.2, 0) is 16.1 Å². The second-order valence-corrected chi connectivity index (χ2v) is 4.87. The number of hydrogen-bond donors (Lipinski definition) is 1. The van der Waals surface area contributed by atoms with Gasteiger partial charge in [-0.3, -0.25) is 4.79 Å². The van der Waals surface area contributed by atoms with Crippen LogP contribution in [0.15, 0.2) is 42.5 Å². The van der Waals surface area contributed by atoms with E-state index in [-0.39, 0.29) is 6.61 Å². The van der Waals surface area contributed by atoms with E-state index in [0.717, 1.165) is 10.8 Å². The average molecular weight is 297 g/mol. The predicted octanol–water partition coefficient (Wildman–Crippen LogP) is 3.16. The first kappa shape index (κ1) is 15.3. The van der Waals surface area contributed by atoms with Gasteiger partial charge in [0.25, 0.3) is 5.91 Å². The quantitative estimate of drug-likeness (QED) is 0.942. The number of benzene rings is 2. The van der Waals surface area contributed by atoms with Gasteiger partial charge in [-0.2, -0.15) is 13.2 Å². The summed E-state index contributed by atoms with van der Waals surface area (Å²) in [6.07, 6.45) is -4.87. The third-order valence-corrected chi connectivity index (χ3v) is 3.35. The maximum atomic E-state index is 12.9. The molecule has 2 aromatic rings. The van der Waals surface area contributed by atoms with Crippen LogP contribution in [0.4, 0.5) is 13.2 Å². The van der Waals surface area contributed by atoms with Crippen LogP contribution < -0.4 is 5.73 Å². The summed E-state index contributed by atoms with van der Waals surface area (Å²) in [5.74, 6) is -1.56. The Bertz CT molecular complexity index is 669. The molecule has 1 unspecified atom stereocenters. The Morgan fingerprint density at radius 3 is 2.33 bits per heavy atom. The van der Waals surface area contributed by atoms with Crippen molar-refractivity contribution in [3.8, 4) is 0 Å². The van der Waals surface area contributed by atoms with Gasteiger partial charge in [0.2, 0.25) is 5.60 Å². The van der Waals surface area contributed by atoms with Crippen molar-refractivity contribution in [2.45, 2.75) is 25.3 Å². The Kier molecular flexibility index (Phi) is 3.91. The van der Waals surface area contributed by atoms with Gasteiger partial charge < -0.3 is 10.5 Å². The molecule has 1 amide bonds. The molecule has 112 valence electrons. The van der Waals surface area contributed by atoms with Crippen LogP contribution >= 0.6 is 0 Å². The van der Waals surface area contributed by atoms with Crippen molar-refractivity contribution >= 4 is 16.7 Å². The molecule has 2 N–H and O–H groups in total. The molecule has 0 fully saturated rings. The third-order valence-electron chi connectivity index (χ3n) is 3.35. The number of halogens is 3. The SMILES string of the molecule is CC(OCc1ccc2ccccc2c1)(C(N)=O)C(F)(F)F. The number of hydrogen-bond acceptors (Lipinski definition) is 2. The number of amides is 1. The maximum Gasteiger partial charge on any atom is 0.426 e. The van der Waals surface area contributed by atoms with Crippen LogP contribution in [-0.4, -0.2) is 17.7 Å². The van der Waals surface area contributed by atoms with Crippen molar-refractivity contribution in [3.05, 3.63) is 48.0 Å². The normalized spacial score (nSPS) is 14.9. The molecule has 0 spiro atoms. The van der Waals surface area contributed by atoms with Gasteiger partial charge in [-0.05, 0) is 29.3 Å². The van der Waals surface area contributed by atoms with Gasteiger partial charge in [-0.1, -0.05) is 36.4 Å². The number of primary amides is 1. The number of ether oxygens (including phenoxy) is 1. The number of alkyl halides is 3. The van der Waals surface area contributed by atoms with E-state index in [4.69, 9.17) is 10.5 Å². The first-order valence-corrected chi connectivity index (χ1v) is 6.22. The van der Waals surface area contributed by atoms with Crippen LogP contribution in [0.3, 0.4) is 0 Å².